The van der Waals surface area contributed by atoms with Crippen molar-refractivity contribution < 1.29 is 13.9 Å². The van der Waals surface area contributed by atoms with Gasteiger partial charge in [-0.1, -0.05) is 30.8 Å². The molecule has 0 spiro atoms. The average molecular weight is 470 g/mol. The van der Waals surface area contributed by atoms with E-state index in [4.69, 9.17) is 4.74 Å². The van der Waals surface area contributed by atoms with Crippen LogP contribution in [0.3, 0.4) is 0 Å². The van der Waals surface area contributed by atoms with Crippen LogP contribution in [-0.4, -0.2) is 22.2 Å². The smallest absolute Gasteiger partial charge is 0.311 e. The number of carbonyl (C=O) groups excluding carboxylic acids is 1. The van der Waals surface area contributed by atoms with Gasteiger partial charge in [-0.25, -0.2) is 4.39 Å². The van der Waals surface area contributed by atoms with Crippen LogP contribution < -0.4 is 5.43 Å². The van der Waals surface area contributed by atoms with E-state index in [0.29, 0.717) is 12.3 Å². The lowest BCUT2D eigenvalue weighted by atomic mass is 10.0. The van der Waals surface area contributed by atoms with Crippen molar-refractivity contribution in [2.24, 2.45) is 0 Å². The first-order valence-electron chi connectivity index (χ1n) is 11.9. The maximum Gasteiger partial charge on any atom is 0.311 e. The molecule has 1 aliphatic heterocycles. The van der Waals surface area contributed by atoms with Gasteiger partial charge in [-0.05, 0) is 73.5 Å². The molecule has 1 atom stereocenters. The zero-order chi connectivity index (χ0) is 24.5. The molecule has 5 nitrogen and oxygen atoms in total. The second-order valence-corrected chi connectivity index (χ2v) is 8.60. The van der Waals surface area contributed by atoms with E-state index in [-0.39, 0.29) is 24.2 Å². The maximum absolute atomic E-state index is 13.5. The van der Waals surface area contributed by atoms with Gasteiger partial charge in [0.15, 0.2) is 0 Å². The Bertz CT molecular complexity index is 1450. The van der Waals surface area contributed by atoms with E-state index in [1.54, 1.807) is 19.1 Å². The summed E-state index contributed by atoms with van der Waals surface area (Å²) in [6.07, 6.45) is 2.16. The molecule has 178 valence electrons. The lowest BCUT2D eigenvalue weighted by molar-refractivity contribution is -0.142. The molecule has 2 heterocycles. The minimum Gasteiger partial charge on any atom is -0.466 e. The SMILES string of the molecule is C=C(CC(=O)OCC)N1NC(c2ccc(F)cc2)=C[C@@H]1c1ccc2c(c1)c1ccccc1n2CC. The summed E-state index contributed by atoms with van der Waals surface area (Å²) in [6, 6.07) is 21.1. The number of hydrogen-bond donors (Lipinski definition) is 1. The quantitative estimate of drug-likeness (QED) is 0.322. The number of hydrazine groups is 1. The second kappa shape index (κ2) is 9.29. The predicted molar refractivity (Wildman–Crippen MR) is 138 cm³/mol. The number of aryl methyl sites for hydroxylation is 1. The largest absolute Gasteiger partial charge is 0.466 e. The molecule has 1 aliphatic rings. The summed E-state index contributed by atoms with van der Waals surface area (Å²) < 4.78 is 21.0. The Morgan fingerprint density at radius 1 is 1.03 bits per heavy atom. The van der Waals surface area contributed by atoms with Gasteiger partial charge < -0.3 is 9.30 Å². The fourth-order valence-corrected chi connectivity index (χ4v) is 4.84. The van der Waals surface area contributed by atoms with Crippen LogP contribution in [0.25, 0.3) is 27.5 Å². The Balaban J connectivity index is 1.58. The van der Waals surface area contributed by atoms with Gasteiger partial charge in [-0.2, -0.15) is 0 Å². The number of carbonyl (C=O) groups is 1. The monoisotopic (exact) mass is 469 g/mol. The topological polar surface area (TPSA) is 46.5 Å². The van der Waals surface area contributed by atoms with Gasteiger partial charge in [0, 0.05) is 34.0 Å². The van der Waals surface area contributed by atoms with E-state index in [1.165, 1.54) is 33.9 Å². The first-order chi connectivity index (χ1) is 17.0. The number of rotatable bonds is 7. The summed E-state index contributed by atoms with van der Waals surface area (Å²) in [5.41, 5.74) is 9.11. The molecule has 0 radical (unpaired) electrons. The van der Waals surface area contributed by atoms with Gasteiger partial charge in [-0.3, -0.25) is 15.2 Å². The van der Waals surface area contributed by atoms with Gasteiger partial charge in [0.05, 0.1) is 24.8 Å². The molecule has 4 aromatic rings. The van der Waals surface area contributed by atoms with Gasteiger partial charge >= 0.3 is 5.97 Å². The van der Waals surface area contributed by atoms with Gasteiger partial charge in [0.25, 0.3) is 0 Å². The van der Waals surface area contributed by atoms with E-state index < -0.39 is 0 Å². The van der Waals surface area contributed by atoms with Crippen LogP contribution in [0.4, 0.5) is 4.39 Å². The molecule has 0 saturated heterocycles. The number of nitrogens with one attached hydrogen (secondary N) is 1. The molecule has 5 rings (SSSR count). The third-order valence-corrected chi connectivity index (χ3v) is 6.45. The van der Waals surface area contributed by atoms with Crippen molar-refractivity contribution in [3.63, 3.8) is 0 Å². The zero-order valence-corrected chi connectivity index (χ0v) is 19.9. The van der Waals surface area contributed by atoms with Crippen LogP contribution in [0.15, 0.2) is 85.1 Å². The lowest BCUT2D eigenvalue weighted by Crippen LogP contribution is -2.34. The van der Waals surface area contributed by atoms with Crippen LogP contribution in [0.1, 0.15) is 37.4 Å². The summed E-state index contributed by atoms with van der Waals surface area (Å²) in [4.78, 5) is 12.2. The van der Waals surface area contributed by atoms with Crippen molar-refractivity contribution in [2.45, 2.75) is 32.9 Å². The Morgan fingerprint density at radius 2 is 1.77 bits per heavy atom. The van der Waals surface area contributed by atoms with Gasteiger partial charge in [-0.15, -0.1) is 0 Å². The van der Waals surface area contributed by atoms with Gasteiger partial charge in [0.2, 0.25) is 0 Å². The van der Waals surface area contributed by atoms with Crippen molar-refractivity contribution in [3.8, 4) is 0 Å². The van der Waals surface area contributed by atoms with Crippen LogP contribution in [0.5, 0.6) is 0 Å². The summed E-state index contributed by atoms with van der Waals surface area (Å²) in [5, 5.41) is 4.28. The van der Waals surface area contributed by atoms with E-state index in [2.05, 4.69) is 72.0 Å². The van der Waals surface area contributed by atoms with E-state index in [9.17, 15) is 9.18 Å². The minimum absolute atomic E-state index is 0.0687. The Hall–Kier alpha value is -4.06. The fraction of sp³-hybridized carbons (Fsp3) is 0.207. The van der Waals surface area contributed by atoms with Crippen molar-refractivity contribution in [2.75, 3.05) is 6.61 Å². The minimum atomic E-state index is -0.324. The first kappa shape index (κ1) is 22.7. The Kier molecular flexibility index (Phi) is 6.03. The predicted octanol–water partition coefficient (Wildman–Crippen LogP) is 6.32. The number of halogens is 1. The number of ether oxygens (including phenoxy) is 1. The molecule has 6 heteroatoms. The molecular weight excluding hydrogens is 441 g/mol. The van der Waals surface area contributed by atoms with Crippen LogP contribution >= 0.6 is 0 Å². The number of esters is 1. The van der Waals surface area contributed by atoms with Crippen molar-refractivity contribution >= 4 is 33.5 Å². The van der Waals surface area contributed by atoms with E-state index in [1.807, 2.05) is 5.01 Å². The highest BCUT2D eigenvalue weighted by atomic mass is 19.1. The molecule has 0 saturated carbocycles. The molecular formula is C29H28FN3O2. The summed E-state index contributed by atoms with van der Waals surface area (Å²) in [5.74, 6) is -0.611. The van der Waals surface area contributed by atoms with Crippen molar-refractivity contribution in [1.29, 1.82) is 0 Å². The number of fused-ring (bicyclic) bond motifs is 3. The number of benzene rings is 3. The highest BCUT2D eigenvalue weighted by Crippen LogP contribution is 2.37. The number of para-hydroxylation sites is 1. The first-order valence-corrected chi connectivity index (χ1v) is 11.9. The van der Waals surface area contributed by atoms with E-state index >= 15 is 0 Å². The normalized spacial score (nSPS) is 15.3. The second-order valence-electron chi connectivity index (χ2n) is 8.60. The molecule has 3 aromatic carbocycles. The molecule has 1 N–H and O–H groups in total. The molecule has 0 fully saturated rings. The summed E-state index contributed by atoms with van der Waals surface area (Å²) in [7, 11) is 0. The molecule has 0 unspecified atom stereocenters. The number of nitrogens with zero attached hydrogens (tertiary/aromatic N) is 2. The van der Waals surface area contributed by atoms with Crippen LogP contribution in [0, 0.1) is 5.82 Å². The molecule has 35 heavy (non-hydrogen) atoms. The highest BCUT2D eigenvalue weighted by Gasteiger charge is 2.29. The van der Waals surface area contributed by atoms with E-state index in [0.717, 1.165) is 23.4 Å². The number of aromatic nitrogens is 1. The van der Waals surface area contributed by atoms with Crippen molar-refractivity contribution in [1.82, 2.24) is 15.0 Å². The summed E-state index contributed by atoms with van der Waals surface area (Å²) >= 11 is 0. The third kappa shape index (κ3) is 4.16. The zero-order valence-electron chi connectivity index (χ0n) is 19.9. The van der Waals surface area contributed by atoms with Crippen LogP contribution in [0.2, 0.25) is 0 Å². The maximum atomic E-state index is 13.5. The highest BCUT2D eigenvalue weighted by molar-refractivity contribution is 6.08. The third-order valence-electron chi connectivity index (χ3n) is 6.45. The fourth-order valence-electron chi connectivity index (χ4n) is 4.84. The van der Waals surface area contributed by atoms with Crippen LogP contribution in [-0.2, 0) is 16.1 Å². The molecule has 0 bridgehead atoms. The molecule has 0 aliphatic carbocycles. The lowest BCUT2D eigenvalue weighted by Gasteiger charge is -2.29. The van der Waals surface area contributed by atoms with Crippen molar-refractivity contribution in [3.05, 3.63) is 102 Å². The number of hydrogen-bond acceptors (Lipinski definition) is 4. The molecule has 0 amide bonds. The summed E-state index contributed by atoms with van der Waals surface area (Å²) in [6.45, 7) is 9.31. The Labute approximate surface area is 204 Å². The standard InChI is InChI=1S/C29H28FN3O2/c1-4-32-26-9-7-6-8-23(26)24-17-21(12-15-27(24)32)28-18-25(20-10-13-22(30)14-11-20)31-33(28)19(3)16-29(34)35-5-2/h6-15,17-18,28,31H,3-5,16H2,1-2H3/t28-/m1/s1. The Morgan fingerprint density at radius 3 is 2.51 bits per heavy atom. The van der Waals surface area contributed by atoms with Gasteiger partial charge in [0.1, 0.15) is 5.82 Å². The average Bonchev–Trinajstić information content (AvgIpc) is 3.44. The molecule has 1 aromatic heterocycles.